The van der Waals surface area contributed by atoms with Gasteiger partial charge in [0, 0.05) is 0 Å². The highest BCUT2D eigenvalue weighted by Crippen LogP contribution is 2.24. The minimum absolute atomic E-state index is 0.0785. The van der Waals surface area contributed by atoms with Crippen molar-refractivity contribution < 1.29 is 22.6 Å². The highest BCUT2D eigenvalue weighted by molar-refractivity contribution is 5.37. The number of rotatable bonds is 6. The predicted molar refractivity (Wildman–Crippen MR) is 67.6 cm³/mol. The Labute approximate surface area is 111 Å². The van der Waals surface area contributed by atoms with Crippen molar-refractivity contribution in [2.75, 3.05) is 19.8 Å². The van der Waals surface area contributed by atoms with E-state index < -0.39 is 12.8 Å². The lowest BCUT2D eigenvalue weighted by Crippen LogP contribution is -2.19. The van der Waals surface area contributed by atoms with Crippen LogP contribution in [0.15, 0.2) is 18.2 Å². The largest absolute Gasteiger partial charge is 0.491 e. The van der Waals surface area contributed by atoms with E-state index in [1.54, 1.807) is 0 Å². The van der Waals surface area contributed by atoms with Crippen molar-refractivity contribution in [3.63, 3.8) is 0 Å². The molecule has 0 aromatic heterocycles. The number of hydrogen-bond acceptors (Lipinski definition) is 2. The van der Waals surface area contributed by atoms with Crippen molar-refractivity contribution in [1.82, 2.24) is 0 Å². The first-order chi connectivity index (χ1) is 8.79. The predicted octanol–water partition coefficient (Wildman–Crippen LogP) is 4.08. The fourth-order valence-corrected chi connectivity index (χ4v) is 1.53. The summed E-state index contributed by atoms with van der Waals surface area (Å²) < 4.78 is 45.5. The maximum absolute atomic E-state index is 11.8. The van der Waals surface area contributed by atoms with Crippen molar-refractivity contribution in [3.8, 4) is 5.75 Å². The van der Waals surface area contributed by atoms with Crippen LogP contribution in [0.4, 0.5) is 13.2 Å². The van der Waals surface area contributed by atoms with Gasteiger partial charge in [-0.2, -0.15) is 13.2 Å². The first-order valence-electron chi connectivity index (χ1n) is 6.17. The lowest BCUT2D eigenvalue weighted by molar-refractivity contribution is -0.175. The van der Waals surface area contributed by atoms with Crippen LogP contribution in [0.2, 0.25) is 0 Å². The summed E-state index contributed by atoms with van der Waals surface area (Å²) in [5.41, 5.74) is 2.09. The first-order valence-corrected chi connectivity index (χ1v) is 6.17. The van der Waals surface area contributed by atoms with Gasteiger partial charge < -0.3 is 9.47 Å². The summed E-state index contributed by atoms with van der Waals surface area (Å²) in [4.78, 5) is 0. The second-order valence-electron chi connectivity index (χ2n) is 4.70. The number of ether oxygens (including phenoxy) is 2. The van der Waals surface area contributed by atoms with Crippen LogP contribution in [0.1, 0.15) is 30.9 Å². The number of alkyl halides is 3. The van der Waals surface area contributed by atoms with Crippen LogP contribution in [0.5, 0.6) is 5.75 Å². The molecule has 0 bridgehead atoms. The summed E-state index contributed by atoms with van der Waals surface area (Å²) in [6.07, 6.45) is -4.28. The second-order valence-corrected chi connectivity index (χ2v) is 4.70. The van der Waals surface area contributed by atoms with Crippen LogP contribution >= 0.6 is 0 Å². The Balaban J connectivity index is 2.42. The fraction of sp³-hybridized carbons (Fsp3) is 0.571. The molecule has 0 spiro atoms. The molecule has 0 fully saturated rings. The minimum Gasteiger partial charge on any atom is -0.491 e. The Kier molecular flexibility index (Phi) is 5.66. The van der Waals surface area contributed by atoms with Gasteiger partial charge in [-0.1, -0.05) is 26.0 Å². The third-order valence-corrected chi connectivity index (χ3v) is 2.63. The van der Waals surface area contributed by atoms with Crippen LogP contribution < -0.4 is 4.74 Å². The Bertz CT molecular complexity index is 400. The van der Waals surface area contributed by atoms with E-state index in [-0.39, 0.29) is 13.2 Å². The zero-order valence-corrected chi connectivity index (χ0v) is 11.4. The third kappa shape index (κ3) is 5.96. The summed E-state index contributed by atoms with van der Waals surface area (Å²) in [6.45, 7) is 4.84. The summed E-state index contributed by atoms with van der Waals surface area (Å²) in [5.74, 6) is 1.08. The van der Waals surface area contributed by atoms with E-state index in [0.717, 1.165) is 11.1 Å². The van der Waals surface area contributed by atoms with Crippen LogP contribution in [0, 0.1) is 6.92 Å². The molecule has 1 aromatic rings. The van der Waals surface area contributed by atoms with Gasteiger partial charge in [0.1, 0.15) is 19.0 Å². The molecule has 19 heavy (non-hydrogen) atoms. The van der Waals surface area contributed by atoms with Crippen LogP contribution in [-0.2, 0) is 4.74 Å². The van der Waals surface area contributed by atoms with E-state index in [4.69, 9.17) is 4.74 Å². The number of halogens is 3. The summed E-state index contributed by atoms with van der Waals surface area (Å²) in [5, 5.41) is 0. The molecule has 0 radical (unpaired) electrons. The molecule has 1 rings (SSSR count). The molecule has 0 N–H and O–H groups in total. The van der Waals surface area contributed by atoms with Gasteiger partial charge in [-0.3, -0.25) is 0 Å². The zero-order chi connectivity index (χ0) is 14.5. The molecule has 5 heteroatoms. The van der Waals surface area contributed by atoms with E-state index in [1.807, 2.05) is 25.1 Å². The van der Waals surface area contributed by atoms with Gasteiger partial charge in [0.25, 0.3) is 0 Å². The highest BCUT2D eigenvalue weighted by Gasteiger charge is 2.27. The monoisotopic (exact) mass is 276 g/mol. The Morgan fingerprint density at radius 1 is 1.16 bits per heavy atom. The zero-order valence-electron chi connectivity index (χ0n) is 11.4. The van der Waals surface area contributed by atoms with Crippen molar-refractivity contribution in [2.24, 2.45) is 0 Å². The maximum Gasteiger partial charge on any atom is 0.411 e. The van der Waals surface area contributed by atoms with E-state index in [2.05, 4.69) is 18.6 Å². The molecule has 1 aromatic carbocycles. The average molecular weight is 276 g/mol. The van der Waals surface area contributed by atoms with E-state index in [9.17, 15) is 13.2 Å². The molecule has 2 nitrogen and oxygen atoms in total. The molecule has 0 aliphatic rings. The molecule has 0 atom stereocenters. The summed E-state index contributed by atoms with van der Waals surface area (Å²) >= 11 is 0. The van der Waals surface area contributed by atoms with Gasteiger partial charge in [-0.05, 0) is 30.0 Å². The molecular formula is C14H19F3O2. The normalized spacial score (nSPS) is 11.9. The second kappa shape index (κ2) is 6.80. The third-order valence-electron chi connectivity index (χ3n) is 2.63. The fourth-order valence-electron chi connectivity index (χ4n) is 1.53. The van der Waals surface area contributed by atoms with Crippen LogP contribution in [0.3, 0.4) is 0 Å². The molecule has 0 saturated carbocycles. The van der Waals surface area contributed by atoms with Gasteiger partial charge >= 0.3 is 6.18 Å². The maximum atomic E-state index is 11.8. The van der Waals surface area contributed by atoms with Gasteiger partial charge in [0.05, 0.1) is 6.61 Å². The molecule has 0 saturated heterocycles. The highest BCUT2D eigenvalue weighted by atomic mass is 19.4. The van der Waals surface area contributed by atoms with Crippen molar-refractivity contribution in [1.29, 1.82) is 0 Å². The molecule has 0 amide bonds. The van der Waals surface area contributed by atoms with Gasteiger partial charge in [0.2, 0.25) is 0 Å². The van der Waals surface area contributed by atoms with Crippen LogP contribution in [0.25, 0.3) is 0 Å². The number of benzene rings is 1. The SMILES string of the molecule is Cc1ccc(C(C)C)cc1OCCOCC(F)(F)F. The lowest BCUT2D eigenvalue weighted by Gasteiger charge is -2.13. The van der Waals surface area contributed by atoms with Gasteiger partial charge in [-0.25, -0.2) is 0 Å². The van der Waals surface area contributed by atoms with Gasteiger partial charge in [-0.15, -0.1) is 0 Å². The average Bonchev–Trinajstić information content (AvgIpc) is 2.29. The van der Waals surface area contributed by atoms with Crippen molar-refractivity contribution in [3.05, 3.63) is 29.3 Å². The minimum atomic E-state index is -4.28. The van der Waals surface area contributed by atoms with E-state index in [0.29, 0.717) is 11.7 Å². The molecule has 0 aliphatic carbocycles. The summed E-state index contributed by atoms with van der Waals surface area (Å²) in [6, 6.07) is 5.89. The van der Waals surface area contributed by atoms with Gasteiger partial charge in [0.15, 0.2) is 0 Å². The lowest BCUT2D eigenvalue weighted by atomic mass is 10.0. The summed E-state index contributed by atoms with van der Waals surface area (Å²) in [7, 11) is 0. The number of aryl methyl sites for hydroxylation is 1. The first kappa shape index (κ1) is 15.8. The topological polar surface area (TPSA) is 18.5 Å². The molecule has 108 valence electrons. The Hall–Kier alpha value is -1.23. The Morgan fingerprint density at radius 2 is 1.84 bits per heavy atom. The molecule has 0 aliphatic heterocycles. The quantitative estimate of drug-likeness (QED) is 0.729. The van der Waals surface area contributed by atoms with Crippen LogP contribution in [-0.4, -0.2) is 26.0 Å². The standard InChI is InChI=1S/C14H19F3O2/c1-10(2)12-5-4-11(3)13(8-12)19-7-6-18-9-14(15,16)17/h4-5,8,10H,6-7,9H2,1-3H3. The number of hydrogen-bond donors (Lipinski definition) is 0. The van der Waals surface area contributed by atoms with Crippen molar-refractivity contribution in [2.45, 2.75) is 32.9 Å². The molecule has 0 unspecified atom stereocenters. The van der Waals surface area contributed by atoms with E-state index >= 15 is 0 Å². The Morgan fingerprint density at radius 3 is 2.42 bits per heavy atom. The van der Waals surface area contributed by atoms with Crippen molar-refractivity contribution >= 4 is 0 Å². The smallest absolute Gasteiger partial charge is 0.411 e. The molecule has 0 heterocycles. The molecular weight excluding hydrogens is 257 g/mol. The van der Waals surface area contributed by atoms with E-state index in [1.165, 1.54) is 0 Å².